The highest BCUT2D eigenvalue weighted by Gasteiger charge is 2.20. The fourth-order valence-electron chi connectivity index (χ4n) is 4.35. The number of aromatic nitrogens is 5. The number of fused-ring (bicyclic) bond motifs is 1. The van der Waals surface area contributed by atoms with Gasteiger partial charge in [-0.2, -0.15) is 9.97 Å². The van der Waals surface area contributed by atoms with E-state index in [4.69, 9.17) is 14.7 Å². The molecule has 5 aromatic rings. The summed E-state index contributed by atoms with van der Waals surface area (Å²) >= 11 is 0. The molecule has 1 aliphatic rings. The first kappa shape index (κ1) is 23.4. The standard InChI is InChI=1S/C28H26N8O2/c37-24-7-4-16-35(24)17-18-36-19-30-25-26(33-28(34-27(25)36)32-21-12-14-29-15-13-21)31-20-8-10-23(11-9-20)38-22-5-2-1-3-6-22/h1-3,5-6,8-15,19H,4,7,16-18H2,(H2,29,31,32,33,34). The van der Waals surface area contributed by atoms with E-state index in [9.17, 15) is 4.79 Å². The first-order chi connectivity index (χ1) is 18.7. The van der Waals surface area contributed by atoms with E-state index in [1.54, 1.807) is 18.7 Å². The van der Waals surface area contributed by atoms with E-state index in [1.165, 1.54) is 0 Å². The van der Waals surface area contributed by atoms with Crippen molar-refractivity contribution >= 4 is 40.2 Å². The number of amides is 1. The predicted octanol–water partition coefficient (Wildman–Crippen LogP) is 5.12. The van der Waals surface area contributed by atoms with Gasteiger partial charge in [0.15, 0.2) is 17.0 Å². The number of carbonyl (C=O) groups is 1. The Morgan fingerprint density at radius 1 is 0.842 bits per heavy atom. The Morgan fingerprint density at radius 2 is 1.61 bits per heavy atom. The minimum atomic E-state index is 0.200. The largest absolute Gasteiger partial charge is 0.457 e. The van der Waals surface area contributed by atoms with Gasteiger partial charge in [-0.15, -0.1) is 0 Å². The Morgan fingerprint density at radius 3 is 2.37 bits per heavy atom. The number of carbonyl (C=O) groups excluding carboxylic acids is 1. The van der Waals surface area contributed by atoms with Gasteiger partial charge >= 0.3 is 0 Å². The highest BCUT2D eigenvalue weighted by atomic mass is 16.5. The van der Waals surface area contributed by atoms with Crippen molar-refractivity contribution in [3.63, 3.8) is 0 Å². The SMILES string of the molecule is O=C1CCCN1CCn1cnc2c(Nc3ccc(Oc4ccccc4)cc3)nc(Nc3ccncc3)nc21. The summed E-state index contributed by atoms with van der Waals surface area (Å²) in [5, 5.41) is 6.63. The maximum Gasteiger partial charge on any atom is 0.231 e. The molecule has 2 N–H and O–H groups in total. The first-order valence-electron chi connectivity index (χ1n) is 12.5. The van der Waals surface area contributed by atoms with Crippen molar-refractivity contribution in [3.05, 3.63) is 85.5 Å². The lowest BCUT2D eigenvalue weighted by atomic mass is 10.3. The topological polar surface area (TPSA) is 110 Å². The Kier molecular flexibility index (Phi) is 6.50. The van der Waals surface area contributed by atoms with Crippen LogP contribution < -0.4 is 15.4 Å². The Labute approximate surface area is 219 Å². The molecule has 10 heteroatoms. The van der Waals surface area contributed by atoms with Gasteiger partial charge in [0.05, 0.1) is 6.33 Å². The van der Waals surface area contributed by atoms with Crippen LogP contribution in [0.25, 0.3) is 11.2 Å². The minimum Gasteiger partial charge on any atom is -0.457 e. The number of nitrogens with one attached hydrogen (secondary N) is 2. The zero-order chi connectivity index (χ0) is 25.7. The van der Waals surface area contributed by atoms with Gasteiger partial charge in [0.25, 0.3) is 0 Å². The van der Waals surface area contributed by atoms with Crippen LogP contribution in [0.15, 0.2) is 85.5 Å². The second-order valence-electron chi connectivity index (χ2n) is 8.92. The van der Waals surface area contributed by atoms with Crippen molar-refractivity contribution in [2.45, 2.75) is 19.4 Å². The third-order valence-corrected chi connectivity index (χ3v) is 6.28. The average Bonchev–Trinajstić information content (AvgIpc) is 3.55. The maximum atomic E-state index is 12.1. The molecule has 3 aromatic heterocycles. The molecule has 0 bridgehead atoms. The smallest absolute Gasteiger partial charge is 0.231 e. The van der Waals surface area contributed by atoms with Crippen molar-refractivity contribution < 1.29 is 9.53 Å². The number of anilines is 4. The summed E-state index contributed by atoms with van der Waals surface area (Å²) in [6.45, 7) is 2.01. The summed E-state index contributed by atoms with van der Waals surface area (Å²) in [7, 11) is 0. The van der Waals surface area contributed by atoms with Gasteiger partial charge in [-0.3, -0.25) is 9.78 Å². The van der Waals surface area contributed by atoms with E-state index in [-0.39, 0.29) is 5.91 Å². The molecule has 38 heavy (non-hydrogen) atoms. The lowest BCUT2D eigenvalue weighted by Crippen LogP contribution is -2.28. The van der Waals surface area contributed by atoms with Gasteiger partial charge in [0, 0.05) is 49.8 Å². The van der Waals surface area contributed by atoms with Gasteiger partial charge < -0.3 is 24.8 Å². The Hall–Kier alpha value is -4.99. The van der Waals surface area contributed by atoms with Gasteiger partial charge in [-0.1, -0.05) is 18.2 Å². The molecule has 1 aliphatic heterocycles. The van der Waals surface area contributed by atoms with Crippen molar-refractivity contribution in [1.29, 1.82) is 0 Å². The second-order valence-corrected chi connectivity index (χ2v) is 8.92. The molecule has 10 nitrogen and oxygen atoms in total. The van der Waals surface area contributed by atoms with Crippen LogP contribution >= 0.6 is 0 Å². The van der Waals surface area contributed by atoms with E-state index in [0.29, 0.717) is 42.4 Å². The van der Waals surface area contributed by atoms with E-state index in [0.717, 1.165) is 35.8 Å². The third-order valence-electron chi connectivity index (χ3n) is 6.28. The lowest BCUT2D eigenvalue weighted by Gasteiger charge is -2.16. The van der Waals surface area contributed by atoms with Gasteiger partial charge in [-0.25, -0.2) is 4.98 Å². The van der Waals surface area contributed by atoms with Gasteiger partial charge in [0.1, 0.15) is 11.5 Å². The Balaban J connectivity index is 1.27. The molecular weight excluding hydrogens is 480 g/mol. The van der Waals surface area contributed by atoms with E-state index in [2.05, 4.69) is 20.6 Å². The molecule has 0 radical (unpaired) electrons. The molecule has 2 aromatic carbocycles. The van der Waals surface area contributed by atoms with Crippen molar-refractivity contribution in [3.8, 4) is 11.5 Å². The average molecular weight is 507 g/mol. The quantitative estimate of drug-likeness (QED) is 0.283. The zero-order valence-electron chi connectivity index (χ0n) is 20.6. The Bertz CT molecular complexity index is 1540. The van der Waals surface area contributed by atoms with Gasteiger partial charge in [-0.05, 0) is 55.0 Å². The predicted molar refractivity (Wildman–Crippen MR) is 145 cm³/mol. The number of rotatable bonds is 9. The number of hydrogen-bond acceptors (Lipinski definition) is 8. The van der Waals surface area contributed by atoms with Crippen LogP contribution in [0.5, 0.6) is 11.5 Å². The summed E-state index contributed by atoms with van der Waals surface area (Å²) in [6, 6.07) is 21.0. The highest BCUT2D eigenvalue weighted by molar-refractivity contribution is 5.87. The number of pyridine rings is 1. The third kappa shape index (κ3) is 5.24. The molecule has 0 atom stereocenters. The van der Waals surface area contributed by atoms with Crippen LogP contribution in [0.3, 0.4) is 0 Å². The zero-order valence-corrected chi connectivity index (χ0v) is 20.6. The fraction of sp³-hybridized carbons (Fsp3) is 0.179. The van der Waals surface area contributed by atoms with Crippen LogP contribution in [0, 0.1) is 0 Å². The molecule has 0 unspecified atom stereocenters. The normalized spacial score (nSPS) is 13.2. The summed E-state index contributed by atoms with van der Waals surface area (Å²) in [5.41, 5.74) is 2.97. The molecule has 1 fully saturated rings. The number of hydrogen-bond donors (Lipinski definition) is 2. The molecule has 190 valence electrons. The molecule has 0 aliphatic carbocycles. The molecule has 1 amide bonds. The number of ether oxygens (including phenoxy) is 1. The fourth-order valence-corrected chi connectivity index (χ4v) is 4.35. The first-order valence-corrected chi connectivity index (χ1v) is 12.5. The van der Waals surface area contributed by atoms with Crippen LogP contribution in [0.2, 0.25) is 0 Å². The second kappa shape index (κ2) is 10.6. The summed E-state index contributed by atoms with van der Waals surface area (Å²) in [6.07, 6.45) is 6.69. The number of benzene rings is 2. The molecule has 6 rings (SSSR count). The van der Waals surface area contributed by atoms with Crippen molar-refractivity contribution in [2.75, 3.05) is 23.7 Å². The summed E-state index contributed by atoms with van der Waals surface area (Å²) in [5.74, 6) is 2.70. The molecule has 4 heterocycles. The molecule has 0 spiro atoms. The monoisotopic (exact) mass is 506 g/mol. The number of likely N-dealkylation sites (tertiary alicyclic amines) is 1. The van der Waals surface area contributed by atoms with E-state index in [1.807, 2.05) is 76.2 Å². The summed E-state index contributed by atoms with van der Waals surface area (Å²) < 4.78 is 7.87. The van der Waals surface area contributed by atoms with Crippen LogP contribution in [-0.2, 0) is 11.3 Å². The van der Waals surface area contributed by atoms with Crippen molar-refractivity contribution in [2.24, 2.45) is 0 Å². The maximum absolute atomic E-state index is 12.1. The van der Waals surface area contributed by atoms with Gasteiger partial charge in [0.2, 0.25) is 11.9 Å². The van der Waals surface area contributed by atoms with Crippen LogP contribution in [0.4, 0.5) is 23.1 Å². The minimum absolute atomic E-state index is 0.200. The lowest BCUT2D eigenvalue weighted by molar-refractivity contribution is -0.127. The number of imidazole rings is 1. The van der Waals surface area contributed by atoms with Crippen LogP contribution in [0.1, 0.15) is 12.8 Å². The van der Waals surface area contributed by atoms with Crippen LogP contribution in [-0.4, -0.2) is 48.4 Å². The highest BCUT2D eigenvalue weighted by Crippen LogP contribution is 2.28. The molecule has 1 saturated heterocycles. The number of para-hydroxylation sites is 1. The number of nitrogens with zero attached hydrogens (tertiary/aromatic N) is 6. The van der Waals surface area contributed by atoms with E-state index >= 15 is 0 Å². The molecule has 0 saturated carbocycles. The van der Waals surface area contributed by atoms with Crippen molar-refractivity contribution in [1.82, 2.24) is 29.4 Å². The molecular formula is C28H26N8O2. The van der Waals surface area contributed by atoms with E-state index < -0.39 is 0 Å². The summed E-state index contributed by atoms with van der Waals surface area (Å²) in [4.78, 5) is 32.1.